The molecule has 0 aromatic heterocycles. The Morgan fingerprint density at radius 2 is 2.25 bits per heavy atom. The maximum absolute atomic E-state index is 11.5. The highest BCUT2D eigenvalue weighted by Crippen LogP contribution is 2.26. The molecule has 0 unspecified atom stereocenters. The van der Waals surface area contributed by atoms with Crippen molar-refractivity contribution >= 4 is 5.91 Å². The van der Waals surface area contributed by atoms with Crippen molar-refractivity contribution in [1.29, 1.82) is 5.26 Å². The Morgan fingerprint density at radius 1 is 1.56 bits per heavy atom. The molecule has 4 nitrogen and oxygen atoms in total. The predicted molar refractivity (Wildman–Crippen MR) is 60.3 cm³/mol. The molecule has 1 aliphatic heterocycles. The van der Waals surface area contributed by atoms with Gasteiger partial charge in [0.1, 0.15) is 13.2 Å². The standard InChI is InChI=1S/C12H20N2O2/c1-12(2,3)6-10-7-14(9-16-8-10)11(15)4-5-13/h10H,4,6-9H2,1-3H3/t10-/m1/s1. The summed E-state index contributed by atoms with van der Waals surface area (Å²) in [5.74, 6) is 0.262. The van der Waals surface area contributed by atoms with Crippen LogP contribution in [-0.2, 0) is 9.53 Å². The maximum Gasteiger partial charge on any atom is 0.238 e. The van der Waals surface area contributed by atoms with Crippen LogP contribution in [0.3, 0.4) is 0 Å². The third kappa shape index (κ3) is 4.19. The smallest absolute Gasteiger partial charge is 0.238 e. The lowest BCUT2D eigenvalue weighted by Crippen LogP contribution is -2.43. The Balaban J connectivity index is 2.48. The van der Waals surface area contributed by atoms with Crippen molar-refractivity contribution in [2.24, 2.45) is 11.3 Å². The van der Waals surface area contributed by atoms with E-state index < -0.39 is 0 Å². The van der Waals surface area contributed by atoms with Gasteiger partial charge in [0.25, 0.3) is 0 Å². The molecule has 90 valence electrons. The molecule has 0 spiro atoms. The van der Waals surface area contributed by atoms with Gasteiger partial charge in [0.2, 0.25) is 5.91 Å². The van der Waals surface area contributed by atoms with E-state index in [4.69, 9.17) is 10.00 Å². The fourth-order valence-electron chi connectivity index (χ4n) is 2.09. The van der Waals surface area contributed by atoms with Crippen molar-refractivity contribution in [1.82, 2.24) is 4.90 Å². The highest BCUT2D eigenvalue weighted by atomic mass is 16.5. The summed E-state index contributed by atoms with van der Waals surface area (Å²) in [6, 6.07) is 1.88. The normalized spacial score (nSPS) is 21.6. The van der Waals surface area contributed by atoms with E-state index >= 15 is 0 Å². The molecule has 0 saturated carbocycles. The van der Waals surface area contributed by atoms with Crippen molar-refractivity contribution in [3.05, 3.63) is 0 Å². The summed E-state index contributed by atoms with van der Waals surface area (Å²) in [5.41, 5.74) is 0.245. The van der Waals surface area contributed by atoms with Gasteiger partial charge < -0.3 is 9.64 Å². The number of amides is 1. The number of rotatable bonds is 2. The first-order chi connectivity index (χ1) is 7.42. The molecule has 1 saturated heterocycles. The highest BCUT2D eigenvalue weighted by Gasteiger charge is 2.27. The number of ether oxygens (including phenoxy) is 1. The molecule has 0 aromatic carbocycles. The molecule has 0 bridgehead atoms. The lowest BCUT2D eigenvalue weighted by Gasteiger charge is -2.35. The monoisotopic (exact) mass is 224 g/mol. The maximum atomic E-state index is 11.5. The van der Waals surface area contributed by atoms with E-state index in [-0.39, 0.29) is 17.7 Å². The number of nitriles is 1. The first kappa shape index (κ1) is 13.0. The SMILES string of the molecule is CC(C)(C)C[C@H]1COCN(C(=O)CC#N)C1. The molecular formula is C12H20N2O2. The van der Waals surface area contributed by atoms with Gasteiger partial charge >= 0.3 is 0 Å². The largest absolute Gasteiger partial charge is 0.361 e. The summed E-state index contributed by atoms with van der Waals surface area (Å²) in [7, 11) is 0. The van der Waals surface area contributed by atoms with Crippen LogP contribution < -0.4 is 0 Å². The third-order valence-corrected chi connectivity index (χ3v) is 2.56. The minimum absolute atomic E-state index is 0.0500. The molecule has 1 amide bonds. The van der Waals surface area contributed by atoms with Crippen molar-refractivity contribution in [3.63, 3.8) is 0 Å². The van der Waals surface area contributed by atoms with E-state index in [9.17, 15) is 4.79 Å². The molecule has 0 aliphatic carbocycles. The van der Waals surface area contributed by atoms with Crippen LogP contribution in [0, 0.1) is 22.7 Å². The lowest BCUT2D eigenvalue weighted by molar-refractivity contribution is -0.143. The molecule has 0 aromatic rings. The Kier molecular flexibility index (Phi) is 4.31. The summed E-state index contributed by atoms with van der Waals surface area (Å²) >= 11 is 0. The minimum atomic E-state index is -0.124. The van der Waals surface area contributed by atoms with Crippen molar-refractivity contribution in [2.45, 2.75) is 33.6 Å². The van der Waals surface area contributed by atoms with Crippen LogP contribution in [-0.4, -0.2) is 30.7 Å². The predicted octanol–water partition coefficient (Wildman–Crippen LogP) is 1.77. The fraction of sp³-hybridized carbons (Fsp3) is 0.833. The zero-order chi connectivity index (χ0) is 12.2. The van der Waals surface area contributed by atoms with Gasteiger partial charge in [0.05, 0.1) is 12.7 Å². The molecule has 16 heavy (non-hydrogen) atoms. The molecule has 1 rings (SSSR count). The lowest BCUT2D eigenvalue weighted by atomic mass is 9.84. The highest BCUT2D eigenvalue weighted by molar-refractivity contribution is 5.78. The first-order valence-corrected chi connectivity index (χ1v) is 5.65. The van der Waals surface area contributed by atoms with Crippen LogP contribution in [0.1, 0.15) is 33.6 Å². The van der Waals surface area contributed by atoms with E-state index in [2.05, 4.69) is 20.8 Å². The average molecular weight is 224 g/mol. The van der Waals surface area contributed by atoms with Gasteiger partial charge in [0.15, 0.2) is 0 Å². The molecule has 1 atom stereocenters. The van der Waals surface area contributed by atoms with E-state index in [1.54, 1.807) is 4.90 Å². The van der Waals surface area contributed by atoms with E-state index in [0.717, 1.165) is 13.0 Å². The zero-order valence-corrected chi connectivity index (χ0v) is 10.3. The number of nitrogens with zero attached hydrogens (tertiary/aromatic N) is 2. The summed E-state index contributed by atoms with van der Waals surface area (Å²) in [4.78, 5) is 13.2. The third-order valence-electron chi connectivity index (χ3n) is 2.56. The van der Waals surface area contributed by atoms with E-state index in [1.165, 1.54) is 0 Å². The second-order valence-corrected chi connectivity index (χ2v) is 5.58. The van der Waals surface area contributed by atoms with E-state index in [1.807, 2.05) is 6.07 Å². The van der Waals surface area contributed by atoms with Crippen molar-refractivity contribution in [2.75, 3.05) is 19.9 Å². The first-order valence-electron chi connectivity index (χ1n) is 5.65. The molecule has 1 aliphatic rings. The zero-order valence-electron chi connectivity index (χ0n) is 10.3. The van der Waals surface area contributed by atoms with Crippen LogP contribution in [0.2, 0.25) is 0 Å². The Labute approximate surface area is 97.2 Å². The quantitative estimate of drug-likeness (QED) is 0.718. The topological polar surface area (TPSA) is 53.3 Å². The van der Waals surface area contributed by atoms with Gasteiger partial charge in [-0.05, 0) is 11.8 Å². The number of hydrogen-bond acceptors (Lipinski definition) is 3. The van der Waals surface area contributed by atoms with Crippen LogP contribution in [0.5, 0.6) is 0 Å². The van der Waals surface area contributed by atoms with Gasteiger partial charge in [0, 0.05) is 12.5 Å². The molecule has 4 heteroatoms. The number of carbonyl (C=O) groups is 1. The Morgan fingerprint density at radius 3 is 2.81 bits per heavy atom. The van der Waals surface area contributed by atoms with Crippen molar-refractivity contribution in [3.8, 4) is 6.07 Å². The Bertz CT molecular complexity index is 288. The summed E-state index contributed by atoms with van der Waals surface area (Å²) < 4.78 is 5.40. The molecule has 0 N–H and O–H groups in total. The van der Waals surface area contributed by atoms with Crippen molar-refractivity contribution < 1.29 is 9.53 Å². The van der Waals surface area contributed by atoms with Crippen LogP contribution in [0.4, 0.5) is 0 Å². The molecule has 1 heterocycles. The van der Waals surface area contributed by atoms with Crippen LogP contribution >= 0.6 is 0 Å². The van der Waals surface area contributed by atoms with Gasteiger partial charge in [-0.15, -0.1) is 0 Å². The fourth-order valence-corrected chi connectivity index (χ4v) is 2.09. The molecular weight excluding hydrogens is 204 g/mol. The van der Waals surface area contributed by atoms with Crippen LogP contribution in [0.15, 0.2) is 0 Å². The second-order valence-electron chi connectivity index (χ2n) is 5.58. The number of carbonyl (C=O) groups excluding carboxylic acids is 1. The van der Waals surface area contributed by atoms with Gasteiger partial charge in [-0.1, -0.05) is 20.8 Å². The van der Waals surface area contributed by atoms with Gasteiger partial charge in [-0.25, -0.2) is 0 Å². The summed E-state index contributed by atoms with van der Waals surface area (Å²) in [6.07, 6.45) is 0.981. The summed E-state index contributed by atoms with van der Waals surface area (Å²) in [5, 5.41) is 8.48. The average Bonchev–Trinajstić information content (AvgIpc) is 2.16. The second kappa shape index (κ2) is 5.31. The van der Waals surface area contributed by atoms with Crippen LogP contribution in [0.25, 0.3) is 0 Å². The summed E-state index contributed by atoms with van der Waals surface area (Å²) in [6.45, 7) is 8.32. The minimum Gasteiger partial charge on any atom is -0.361 e. The van der Waals surface area contributed by atoms with Gasteiger partial charge in [-0.2, -0.15) is 5.26 Å². The number of hydrogen-bond donors (Lipinski definition) is 0. The Hall–Kier alpha value is -1.08. The molecule has 1 fully saturated rings. The van der Waals surface area contributed by atoms with Gasteiger partial charge in [-0.3, -0.25) is 4.79 Å². The van der Waals surface area contributed by atoms with E-state index in [0.29, 0.717) is 19.3 Å². The molecule has 0 radical (unpaired) electrons.